The van der Waals surface area contributed by atoms with Crippen LogP contribution >= 0.6 is 0 Å². The van der Waals surface area contributed by atoms with E-state index in [0.29, 0.717) is 0 Å². The molecule has 0 radical (unpaired) electrons. The van der Waals surface area contributed by atoms with E-state index in [4.69, 9.17) is 5.73 Å². The Morgan fingerprint density at radius 3 is 2.57 bits per heavy atom. The SMILES string of the molecule is Cc1c(N)cc(=O)[nH]c1OC(F)(F)F. The van der Waals surface area contributed by atoms with Crippen LogP contribution in [-0.2, 0) is 0 Å². The lowest BCUT2D eigenvalue weighted by Crippen LogP contribution is -2.21. The average molecular weight is 208 g/mol. The predicted octanol–water partition coefficient (Wildman–Crippen LogP) is 1.16. The number of alkyl halides is 3. The monoisotopic (exact) mass is 208 g/mol. The van der Waals surface area contributed by atoms with Crippen LogP contribution in [0.25, 0.3) is 0 Å². The fourth-order valence-electron chi connectivity index (χ4n) is 0.840. The van der Waals surface area contributed by atoms with E-state index < -0.39 is 17.8 Å². The number of ether oxygens (including phenoxy) is 1. The number of nitrogen functional groups attached to an aromatic ring is 1. The summed E-state index contributed by atoms with van der Waals surface area (Å²) in [5, 5.41) is 0. The molecule has 1 rings (SSSR count). The molecule has 0 amide bonds. The summed E-state index contributed by atoms with van der Waals surface area (Å²) in [5.74, 6) is -0.678. The molecule has 0 aliphatic rings. The molecule has 1 aromatic rings. The Kier molecular flexibility index (Phi) is 2.41. The molecule has 0 aromatic carbocycles. The molecular weight excluding hydrogens is 201 g/mol. The smallest absolute Gasteiger partial charge is 0.398 e. The molecule has 0 saturated heterocycles. The molecule has 78 valence electrons. The van der Waals surface area contributed by atoms with Gasteiger partial charge in [-0.05, 0) is 6.92 Å². The standard InChI is InChI=1S/C7H7F3N2O2/c1-3-4(11)2-5(13)12-6(3)14-7(8,9)10/h2H,1H3,(H3,11,12,13). The van der Waals surface area contributed by atoms with E-state index in [9.17, 15) is 18.0 Å². The minimum atomic E-state index is -4.85. The second-order valence-electron chi connectivity index (χ2n) is 2.59. The quantitative estimate of drug-likeness (QED) is 0.727. The van der Waals surface area contributed by atoms with Gasteiger partial charge in [-0.25, -0.2) is 0 Å². The van der Waals surface area contributed by atoms with Crippen LogP contribution in [-0.4, -0.2) is 11.3 Å². The minimum Gasteiger partial charge on any atom is -0.398 e. The first-order chi connectivity index (χ1) is 6.29. The normalized spacial score (nSPS) is 11.4. The third-order valence-corrected chi connectivity index (χ3v) is 1.51. The number of aromatic amines is 1. The second kappa shape index (κ2) is 3.24. The zero-order valence-corrected chi connectivity index (χ0v) is 7.11. The summed E-state index contributed by atoms with van der Waals surface area (Å²) in [5.41, 5.74) is 4.53. The van der Waals surface area contributed by atoms with Crippen LogP contribution in [0.4, 0.5) is 18.9 Å². The highest BCUT2D eigenvalue weighted by molar-refractivity contribution is 5.49. The Labute approximate surface area is 76.5 Å². The maximum absolute atomic E-state index is 11.8. The highest BCUT2D eigenvalue weighted by Gasteiger charge is 2.32. The number of H-pyrrole nitrogens is 1. The van der Waals surface area contributed by atoms with E-state index in [-0.39, 0.29) is 11.3 Å². The Morgan fingerprint density at radius 1 is 1.50 bits per heavy atom. The van der Waals surface area contributed by atoms with Gasteiger partial charge in [0.25, 0.3) is 5.56 Å². The number of anilines is 1. The van der Waals surface area contributed by atoms with Gasteiger partial charge in [0.05, 0.1) is 0 Å². The second-order valence-corrected chi connectivity index (χ2v) is 2.59. The van der Waals surface area contributed by atoms with E-state index in [1.54, 1.807) is 0 Å². The van der Waals surface area contributed by atoms with Crippen LogP contribution in [0.15, 0.2) is 10.9 Å². The number of halogens is 3. The van der Waals surface area contributed by atoms with Crippen LogP contribution < -0.4 is 16.0 Å². The minimum absolute atomic E-state index is 0.0434. The van der Waals surface area contributed by atoms with E-state index in [1.165, 1.54) is 6.92 Å². The van der Waals surface area contributed by atoms with Gasteiger partial charge in [-0.3, -0.25) is 9.78 Å². The summed E-state index contributed by atoms with van der Waals surface area (Å²) in [4.78, 5) is 12.7. The molecule has 0 fully saturated rings. The molecular formula is C7H7F3N2O2. The zero-order valence-electron chi connectivity index (χ0n) is 7.11. The molecule has 1 heterocycles. The number of pyridine rings is 1. The van der Waals surface area contributed by atoms with Gasteiger partial charge < -0.3 is 10.5 Å². The van der Waals surface area contributed by atoms with Gasteiger partial charge in [-0.1, -0.05) is 0 Å². The van der Waals surface area contributed by atoms with Crippen molar-refractivity contribution in [3.63, 3.8) is 0 Å². The fourth-order valence-corrected chi connectivity index (χ4v) is 0.840. The van der Waals surface area contributed by atoms with Crippen molar-refractivity contribution in [2.75, 3.05) is 5.73 Å². The number of aromatic nitrogens is 1. The third-order valence-electron chi connectivity index (χ3n) is 1.51. The predicted molar refractivity (Wildman–Crippen MR) is 42.9 cm³/mol. The molecule has 4 nitrogen and oxygen atoms in total. The van der Waals surface area contributed by atoms with E-state index >= 15 is 0 Å². The first-order valence-corrected chi connectivity index (χ1v) is 3.55. The molecule has 0 atom stereocenters. The van der Waals surface area contributed by atoms with Crippen molar-refractivity contribution in [3.8, 4) is 5.88 Å². The molecule has 0 aliphatic heterocycles. The first-order valence-electron chi connectivity index (χ1n) is 3.55. The Balaban J connectivity index is 3.15. The maximum Gasteiger partial charge on any atom is 0.574 e. The van der Waals surface area contributed by atoms with Crippen molar-refractivity contribution in [1.29, 1.82) is 0 Å². The Morgan fingerprint density at radius 2 is 2.07 bits per heavy atom. The summed E-state index contributed by atoms with van der Waals surface area (Å²) >= 11 is 0. The van der Waals surface area contributed by atoms with Crippen molar-refractivity contribution in [2.24, 2.45) is 0 Å². The van der Waals surface area contributed by atoms with E-state index in [0.717, 1.165) is 6.07 Å². The molecule has 0 unspecified atom stereocenters. The van der Waals surface area contributed by atoms with Crippen molar-refractivity contribution in [3.05, 3.63) is 22.0 Å². The van der Waals surface area contributed by atoms with Crippen molar-refractivity contribution < 1.29 is 17.9 Å². The van der Waals surface area contributed by atoms with E-state index in [2.05, 4.69) is 4.74 Å². The molecule has 7 heteroatoms. The zero-order chi connectivity index (χ0) is 10.9. The molecule has 0 saturated carbocycles. The molecule has 0 bridgehead atoms. The van der Waals surface area contributed by atoms with Gasteiger partial charge >= 0.3 is 6.36 Å². The number of hydrogen-bond acceptors (Lipinski definition) is 3. The maximum atomic E-state index is 11.8. The number of rotatable bonds is 1. The Hall–Kier alpha value is -1.66. The van der Waals surface area contributed by atoms with Gasteiger partial charge in [-0.15, -0.1) is 13.2 Å². The highest BCUT2D eigenvalue weighted by Crippen LogP contribution is 2.25. The van der Waals surface area contributed by atoms with Crippen molar-refractivity contribution >= 4 is 5.69 Å². The summed E-state index contributed by atoms with van der Waals surface area (Å²) in [6.07, 6.45) is -4.85. The lowest BCUT2D eigenvalue weighted by atomic mass is 10.2. The van der Waals surface area contributed by atoms with Crippen LogP contribution in [0, 0.1) is 6.92 Å². The van der Waals surface area contributed by atoms with Crippen LogP contribution in [0.5, 0.6) is 5.88 Å². The highest BCUT2D eigenvalue weighted by atomic mass is 19.4. The summed E-state index contributed by atoms with van der Waals surface area (Å²) in [7, 11) is 0. The largest absolute Gasteiger partial charge is 0.574 e. The fraction of sp³-hybridized carbons (Fsp3) is 0.286. The summed E-state index contributed by atoms with van der Waals surface area (Å²) in [6, 6.07) is 0.985. The van der Waals surface area contributed by atoms with Crippen molar-refractivity contribution in [2.45, 2.75) is 13.3 Å². The first kappa shape index (κ1) is 10.4. The van der Waals surface area contributed by atoms with Gasteiger partial charge in [0, 0.05) is 17.3 Å². The van der Waals surface area contributed by atoms with Gasteiger partial charge in [-0.2, -0.15) is 0 Å². The topological polar surface area (TPSA) is 68.1 Å². The lowest BCUT2D eigenvalue weighted by molar-refractivity contribution is -0.276. The number of nitrogens with two attached hydrogens (primary N) is 1. The number of nitrogens with one attached hydrogen (secondary N) is 1. The van der Waals surface area contributed by atoms with Gasteiger partial charge in [0.15, 0.2) is 0 Å². The average Bonchev–Trinajstić information content (AvgIpc) is 1.96. The van der Waals surface area contributed by atoms with Gasteiger partial charge in [0.1, 0.15) is 0 Å². The molecule has 1 aromatic heterocycles. The summed E-state index contributed by atoms with van der Waals surface area (Å²) < 4.78 is 39.0. The third kappa shape index (κ3) is 2.41. The molecule has 3 N–H and O–H groups in total. The van der Waals surface area contributed by atoms with Crippen LogP contribution in [0.3, 0.4) is 0 Å². The van der Waals surface area contributed by atoms with E-state index in [1.807, 2.05) is 4.98 Å². The van der Waals surface area contributed by atoms with Crippen LogP contribution in [0.2, 0.25) is 0 Å². The number of hydrogen-bond donors (Lipinski definition) is 2. The molecule has 14 heavy (non-hydrogen) atoms. The molecule has 0 aliphatic carbocycles. The Bertz CT molecular complexity index is 397. The molecule has 0 spiro atoms. The van der Waals surface area contributed by atoms with Crippen molar-refractivity contribution in [1.82, 2.24) is 4.98 Å². The summed E-state index contributed by atoms with van der Waals surface area (Å²) in [6.45, 7) is 1.31. The van der Waals surface area contributed by atoms with Gasteiger partial charge in [0.2, 0.25) is 5.88 Å². The van der Waals surface area contributed by atoms with Crippen LogP contribution in [0.1, 0.15) is 5.56 Å². The lowest BCUT2D eigenvalue weighted by Gasteiger charge is -2.11.